The second kappa shape index (κ2) is 8.87. The molecule has 30 heavy (non-hydrogen) atoms. The Hall–Kier alpha value is -2.87. The summed E-state index contributed by atoms with van der Waals surface area (Å²) in [5.74, 6) is 0.329. The first-order valence-corrected chi connectivity index (χ1v) is 11.1. The molecule has 1 fully saturated rings. The Morgan fingerprint density at radius 3 is 2.00 bits per heavy atom. The molecule has 0 aromatic heterocycles. The highest BCUT2D eigenvalue weighted by Crippen LogP contribution is 2.44. The van der Waals surface area contributed by atoms with E-state index in [0.29, 0.717) is 11.8 Å². The highest BCUT2D eigenvalue weighted by atomic mass is 16.3. The lowest BCUT2D eigenvalue weighted by Crippen LogP contribution is -2.26. The third kappa shape index (κ3) is 4.05. The van der Waals surface area contributed by atoms with Crippen LogP contribution in [0.3, 0.4) is 0 Å². The first kappa shape index (κ1) is 20.4. The standard InChI is InChI=1S/C28H31NO/c1-21-18-22(20-29-25-16-10-5-11-17-25)27(30)26(19-21)28(2,23-12-6-3-7-13-23)24-14-8-4-9-15-24/h3-4,6-9,12-15,18-20,25,30H,5,10-11,16-17H2,1-2H3. The van der Waals surface area contributed by atoms with Gasteiger partial charge in [-0.2, -0.15) is 0 Å². The number of aromatic hydroxyl groups is 1. The topological polar surface area (TPSA) is 32.6 Å². The number of nitrogens with zero attached hydrogens (tertiary/aromatic N) is 1. The van der Waals surface area contributed by atoms with Gasteiger partial charge in [0.25, 0.3) is 0 Å². The summed E-state index contributed by atoms with van der Waals surface area (Å²) in [5.41, 5.74) is 4.72. The number of hydrogen-bond acceptors (Lipinski definition) is 2. The van der Waals surface area contributed by atoms with Crippen LogP contribution in [0.1, 0.15) is 66.8 Å². The zero-order chi connectivity index (χ0) is 21.0. The summed E-state index contributed by atoms with van der Waals surface area (Å²) in [7, 11) is 0. The Balaban J connectivity index is 1.84. The molecule has 0 atom stereocenters. The molecule has 0 radical (unpaired) electrons. The number of aryl methyl sites for hydroxylation is 1. The fraction of sp³-hybridized carbons (Fsp3) is 0.321. The van der Waals surface area contributed by atoms with Gasteiger partial charge in [0.15, 0.2) is 0 Å². The maximum absolute atomic E-state index is 11.4. The van der Waals surface area contributed by atoms with Crippen molar-refractivity contribution in [3.05, 3.63) is 101 Å². The molecule has 1 N–H and O–H groups in total. The smallest absolute Gasteiger partial charge is 0.128 e. The molecule has 3 aromatic carbocycles. The fourth-order valence-electron chi connectivity index (χ4n) is 4.72. The fourth-order valence-corrected chi connectivity index (χ4v) is 4.72. The molecule has 3 aromatic rings. The van der Waals surface area contributed by atoms with Crippen molar-refractivity contribution in [3.63, 3.8) is 0 Å². The Bertz CT molecular complexity index is 962. The van der Waals surface area contributed by atoms with Crippen LogP contribution in [0.25, 0.3) is 0 Å². The van der Waals surface area contributed by atoms with Crippen molar-refractivity contribution in [2.75, 3.05) is 0 Å². The van der Waals surface area contributed by atoms with Crippen LogP contribution in [-0.2, 0) is 5.41 Å². The quantitative estimate of drug-likeness (QED) is 0.372. The Labute approximate surface area is 180 Å². The van der Waals surface area contributed by atoms with E-state index in [4.69, 9.17) is 4.99 Å². The van der Waals surface area contributed by atoms with E-state index >= 15 is 0 Å². The molecule has 1 aliphatic rings. The zero-order valence-electron chi connectivity index (χ0n) is 18.0. The third-order valence-electron chi connectivity index (χ3n) is 6.52. The molecule has 154 valence electrons. The van der Waals surface area contributed by atoms with Crippen molar-refractivity contribution in [2.45, 2.75) is 57.4 Å². The van der Waals surface area contributed by atoms with Crippen LogP contribution in [0, 0.1) is 6.92 Å². The van der Waals surface area contributed by atoms with Gasteiger partial charge in [0.2, 0.25) is 0 Å². The molecule has 0 heterocycles. The van der Waals surface area contributed by atoms with Crippen LogP contribution in [0.5, 0.6) is 5.75 Å². The lowest BCUT2D eigenvalue weighted by atomic mass is 9.70. The normalized spacial score (nSPS) is 15.5. The molecule has 0 bridgehead atoms. The summed E-state index contributed by atoms with van der Waals surface area (Å²) in [5, 5.41) is 11.4. The zero-order valence-corrected chi connectivity index (χ0v) is 18.0. The third-order valence-corrected chi connectivity index (χ3v) is 6.52. The van der Waals surface area contributed by atoms with Crippen LogP contribution in [0.2, 0.25) is 0 Å². The largest absolute Gasteiger partial charge is 0.507 e. The van der Waals surface area contributed by atoms with E-state index in [-0.39, 0.29) is 0 Å². The molecule has 0 amide bonds. The second-order valence-corrected chi connectivity index (χ2v) is 8.68. The van der Waals surface area contributed by atoms with E-state index in [0.717, 1.165) is 40.7 Å². The van der Waals surface area contributed by atoms with Gasteiger partial charge in [-0.25, -0.2) is 0 Å². The van der Waals surface area contributed by atoms with Gasteiger partial charge in [-0.15, -0.1) is 0 Å². The molecule has 0 saturated heterocycles. The maximum atomic E-state index is 11.4. The summed E-state index contributed by atoms with van der Waals surface area (Å²) < 4.78 is 0. The van der Waals surface area contributed by atoms with Crippen molar-refractivity contribution in [3.8, 4) is 5.75 Å². The molecule has 0 spiro atoms. The van der Waals surface area contributed by atoms with Crippen LogP contribution < -0.4 is 0 Å². The summed E-state index contributed by atoms with van der Waals surface area (Å²) in [6.45, 7) is 4.30. The predicted octanol–water partition coefficient (Wildman–Crippen LogP) is 6.81. The van der Waals surface area contributed by atoms with Gasteiger partial charge < -0.3 is 5.11 Å². The number of hydrogen-bond donors (Lipinski definition) is 1. The van der Waals surface area contributed by atoms with Gasteiger partial charge in [-0.3, -0.25) is 4.99 Å². The summed E-state index contributed by atoms with van der Waals surface area (Å²) in [6, 6.07) is 25.4. The average Bonchev–Trinajstić information content (AvgIpc) is 2.80. The minimum atomic E-state index is -0.466. The van der Waals surface area contributed by atoms with E-state index < -0.39 is 5.41 Å². The Kier molecular flexibility index (Phi) is 6.03. The monoisotopic (exact) mass is 397 g/mol. The Morgan fingerprint density at radius 2 is 1.43 bits per heavy atom. The first-order chi connectivity index (χ1) is 14.6. The summed E-state index contributed by atoms with van der Waals surface area (Å²) in [4.78, 5) is 4.84. The minimum absolute atomic E-state index is 0.329. The van der Waals surface area contributed by atoms with Gasteiger partial charge in [0, 0.05) is 28.8 Å². The lowest BCUT2D eigenvalue weighted by Gasteiger charge is -2.33. The minimum Gasteiger partial charge on any atom is -0.507 e. The van der Waals surface area contributed by atoms with Gasteiger partial charge in [-0.1, -0.05) is 86.0 Å². The second-order valence-electron chi connectivity index (χ2n) is 8.68. The highest BCUT2D eigenvalue weighted by Gasteiger charge is 2.34. The summed E-state index contributed by atoms with van der Waals surface area (Å²) in [6.07, 6.45) is 8.04. The van der Waals surface area contributed by atoms with Gasteiger partial charge in [0.05, 0.1) is 0 Å². The van der Waals surface area contributed by atoms with Gasteiger partial charge in [0.1, 0.15) is 5.75 Å². The van der Waals surface area contributed by atoms with Crippen molar-refractivity contribution in [1.29, 1.82) is 0 Å². The molecule has 4 rings (SSSR count). The SMILES string of the molecule is Cc1cc(C=NC2CCCCC2)c(O)c(C(C)(c2ccccc2)c2ccccc2)c1. The first-order valence-electron chi connectivity index (χ1n) is 11.1. The van der Waals surface area contributed by atoms with Crippen molar-refractivity contribution >= 4 is 6.21 Å². The Morgan fingerprint density at radius 1 is 0.867 bits per heavy atom. The van der Waals surface area contributed by atoms with Crippen LogP contribution in [0.4, 0.5) is 0 Å². The number of aliphatic imine (C=N–C) groups is 1. The highest BCUT2D eigenvalue weighted by molar-refractivity contribution is 5.85. The van der Waals surface area contributed by atoms with E-state index in [1.54, 1.807) is 0 Å². The van der Waals surface area contributed by atoms with Crippen LogP contribution in [0.15, 0.2) is 77.8 Å². The van der Waals surface area contributed by atoms with Crippen molar-refractivity contribution < 1.29 is 5.11 Å². The number of benzene rings is 3. The molecular formula is C28H31NO. The van der Waals surface area contributed by atoms with Crippen molar-refractivity contribution in [2.24, 2.45) is 4.99 Å². The van der Waals surface area contributed by atoms with Crippen LogP contribution in [-0.4, -0.2) is 17.4 Å². The van der Waals surface area contributed by atoms with E-state index in [1.165, 1.54) is 19.3 Å². The molecule has 1 saturated carbocycles. The maximum Gasteiger partial charge on any atom is 0.128 e. The van der Waals surface area contributed by atoms with E-state index in [9.17, 15) is 5.11 Å². The van der Waals surface area contributed by atoms with Gasteiger partial charge >= 0.3 is 0 Å². The van der Waals surface area contributed by atoms with Gasteiger partial charge in [-0.05, 0) is 49.4 Å². The molecule has 2 nitrogen and oxygen atoms in total. The van der Waals surface area contributed by atoms with E-state index in [2.05, 4.69) is 68.4 Å². The molecule has 0 unspecified atom stereocenters. The lowest BCUT2D eigenvalue weighted by molar-refractivity contribution is 0.443. The number of rotatable bonds is 5. The number of phenols is 1. The molecular weight excluding hydrogens is 366 g/mol. The molecule has 2 heteroatoms. The van der Waals surface area contributed by atoms with E-state index in [1.807, 2.05) is 24.4 Å². The molecule has 1 aliphatic carbocycles. The molecule has 0 aliphatic heterocycles. The average molecular weight is 398 g/mol. The van der Waals surface area contributed by atoms with Crippen molar-refractivity contribution in [1.82, 2.24) is 0 Å². The predicted molar refractivity (Wildman–Crippen MR) is 126 cm³/mol. The van der Waals surface area contributed by atoms with Crippen LogP contribution >= 0.6 is 0 Å². The summed E-state index contributed by atoms with van der Waals surface area (Å²) >= 11 is 0. The number of phenolic OH excluding ortho intramolecular Hbond substituents is 1.